The van der Waals surface area contributed by atoms with Crippen LogP contribution in [0.25, 0.3) is 11.3 Å². The van der Waals surface area contributed by atoms with Gasteiger partial charge in [-0.25, -0.2) is 14.2 Å². The highest BCUT2D eigenvalue weighted by Crippen LogP contribution is 2.42. The van der Waals surface area contributed by atoms with E-state index in [4.69, 9.17) is 0 Å². The van der Waals surface area contributed by atoms with Crippen molar-refractivity contribution in [2.75, 3.05) is 11.4 Å². The summed E-state index contributed by atoms with van der Waals surface area (Å²) < 4.78 is 13.3. The molecule has 5 rings (SSSR count). The van der Waals surface area contributed by atoms with Gasteiger partial charge in [0.2, 0.25) is 5.91 Å². The second kappa shape index (κ2) is 8.64. The van der Waals surface area contributed by atoms with Gasteiger partial charge in [0.05, 0.1) is 12.2 Å². The van der Waals surface area contributed by atoms with Crippen molar-refractivity contribution in [3.63, 3.8) is 0 Å². The number of amides is 4. The standard InChI is InChI=1S/C25H23FN4O3S/c1-25(18-9-10-18)22(32)30(23(33)28-25)14-21(31)29(13-16-5-3-2-4-6-16)24-27-20(15-34-24)17-7-11-19(26)12-8-17/h2-8,11-12,15,18H,9-10,13-14H2,1H3,(H,28,33)/t25-/m0/s1. The largest absolute Gasteiger partial charge is 0.325 e. The Bertz CT molecular complexity index is 1240. The zero-order valence-corrected chi connectivity index (χ0v) is 19.3. The van der Waals surface area contributed by atoms with Gasteiger partial charge >= 0.3 is 6.03 Å². The number of carbonyl (C=O) groups excluding carboxylic acids is 3. The first kappa shape index (κ1) is 22.2. The lowest BCUT2D eigenvalue weighted by atomic mass is 9.96. The van der Waals surface area contributed by atoms with Crippen LogP contribution in [0.1, 0.15) is 25.3 Å². The number of hydrogen-bond donors (Lipinski definition) is 1. The molecule has 3 aromatic rings. The molecule has 1 saturated carbocycles. The molecule has 1 N–H and O–H groups in total. The number of halogens is 1. The van der Waals surface area contributed by atoms with Gasteiger partial charge in [0, 0.05) is 10.9 Å². The molecule has 2 aliphatic rings. The number of aromatic nitrogens is 1. The molecule has 1 aromatic heterocycles. The Hall–Kier alpha value is -3.59. The minimum Gasteiger partial charge on any atom is -0.323 e. The molecule has 9 heteroatoms. The maximum absolute atomic E-state index is 13.5. The number of thiazole rings is 1. The molecule has 0 spiro atoms. The first-order chi connectivity index (χ1) is 16.3. The van der Waals surface area contributed by atoms with Crippen molar-refractivity contribution in [3.8, 4) is 11.3 Å². The fourth-order valence-corrected chi connectivity index (χ4v) is 5.04. The van der Waals surface area contributed by atoms with Crippen LogP contribution in [0.4, 0.5) is 14.3 Å². The molecular weight excluding hydrogens is 455 g/mol. The lowest BCUT2D eigenvalue weighted by molar-refractivity contribution is -0.134. The maximum atomic E-state index is 13.5. The number of nitrogens with one attached hydrogen (secondary N) is 1. The molecule has 1 aliphatic carbocycles. The maximum Gasteiger partial charge on any atom is 0.325 e. The number of imide groups is 1. The van der Waals surface area contributed by atoms with Gasteiger partial charge in [0.25, 0.3) is 5.91 Å². The first-order valence-corrected chi connectivity index (χ1v) is 11.9. The summed E-state index contributed by atoms with van der Waals surface area (Å²) in [5.74, 6) is -1.000. The predicted molar refractivity (Wildman–Crippen MR) is 127 cm³/mol. The Morgan fingerprint density at radius 3 is 2.56 bits per heavy atom. The van der Waals surface area contributed by atoms with Crippen molar-refractivity contribution >= 4 is 34.3 Å². The summed E-state index contributed by atoms with van der Waals surface area (Å²) in [4.78, 5) is 46.1. The fourth-order valence-electron chi connectivity index (χ4n) is 4.19. The summed E-state index contributed by atoms with van der Waals surface area (Å²) >= 11 is 1.27. The van der Waals surface area contributed by atoms with E-state index in [9.17, 15) is 18.8 Å². The van der Waals surface area contributed by atoms with Crippen molar-refractivity contribution in [3.05, 3.63) is 71.4 Å². The molecular formula is C25H23FN4O3S. The van der Waals surface area contributed by atoms with E-state index >= 15 is 0 Å². The average Bonchev–Trinajstić information content (AvgIpc) is 3.55. The molecule has 34 heavy (non-hydrogen) atoms. The van der Waals surface area contributed by atoms with E-state index in [1.807, 2.05) is 30.3 Å². The summed E-state index contributed by atoms with van der Waals surface area (Å²) in [5.41, 5.74) is 1.28. The second-order valence-corrected chi connectivity index (χ2v) is 9.62. The number of urea groups is 1. The van der Waals surface area contributed by atoms with Gasteiger partial charge in [0.15, 0.2) is 5.13 Å². The zero-order valence-electron chi connectivity index (χ0n) is 18.5. The molecule has 0 radical (unpaired) electrons. The third-order valence-corrected chi connectivity index (χ3v) is 7.20. The highest BCUT2D eigenvalue weighted by molar-refractivity contribution is 7.14. The van der Waals surface area contributed by atoms with Crippen molar-refractivity contribution < 1.29 is 18.8 Å². The summed E-state index contributed by atoms with van der Waals surface area (Å²) in [5, 5.41) is 5.01. The third kappa shape index (κ3) is 4.19. The van der Waals surface area contributed by atoms with Crippen molar-refractivity contribution in [2.45, 2.75) is 31.8 Å². The Morgan fingerprint density at radius 2 is 1.88 bits per heavy atom. The van der Waals surface area contributed by atoms with E-state index in [0.29, 0.717) is 10.8 Å². The molecule has 7 nitrogen and oxygen atoms in total. The van der Waals surface area contributed by atoms with E-state index in [1.54, 1.807) is 24.4 Å². The normalized spacial score (nSPS) is 19.9. The zero-order chi connectivity index (χ0) is 23.9. The lowest BCUT2D eigenvalue weighted by Gasteiger charge is -2.24. The number of nitrogens with zero attached hydrogens (tertiary/aromatic N) is 3. The van der Waals surface area contributed by atoms with Gasteiger partial charge in [-0.15, -0.1) is 11.3 Å². The number of anilines is 1. The highest BCUT2D eigenvalue weighted by Gasteiger charge is 2.56. The number of benzene rings is 2. The van der Waals surface area contributed by atoms with Gasteiger partial charge in [0.1, 0.15) is 17.9 Å². The molecule has 174 valence electrons. The fraction of sp³-hybridized carbons (Fsp3) is 0.280. The Labute approximate surface area is 200 Å². The van der Waals surface area contributed by atoms with Crippen LogP contribution in [0.3, 0.4) is 0 Å². The number of hydrogen-bond acceptors (Lipinski definition) is 5. The van der Waals surface area contributed by atoms with Crippen LogP contribution in [0.15, 0.2) is 60.0 Å². The minimum atomic E-state index is -0.946. The van der Waals surface area contributed by atoms with E-state index in [-0.39, 0.29) is 30.7 Å². The number of carbonyl (C=O) groups is 3. The van der Waals surface area contributed by atoms with Crippen LogP contribution in [-0.2, 0) is 16.1 Å². The quantitative estimate of drug-likeness (QED) is 0.516. The van der Waals surface area contributed by atoms with Crippen LogP contribution in [-0.4, -0.2) is 39.8 Å². The molecule has 4 amide bonds. The van der Waals surface area contributed by atoms with Crippen LogP contribution in [0.2, 0.25) is 0 Å². The molecule has 2 aromatic carbocycles. The van der Waals surface area contributed by atoms with Crippen molar-refractivity contribution in [1.82, 2.24) is 15.2 Å². The van der Waals surface area contributed by atoms with Crippen LogP contribution < -0.4 is 10.2 Å². The summed E-state index contributed by atoms with van der Waals surface area (Å²) in [7, 11) is 0. The van der Waals surface area contributed by atoms with Crippen LogP contribution in [0.5, 0.6) is 0 Å². The Kier molecular flexibility index (Phi) is 5.65. The molecule has 1 saturated heterocycles. The van der Waals surface area contributed by atoms with E-state index in [0.717, 1.165) is 28.9 Å². The van der Waals surface area contributed by atoms with E-state index < -0.39 is 17.5 Å². The lowest BCUT2D eigenvalue weighted by Crippen LogP contribution is -2.47. The van der Waals surface area contributed by atoms with E-state index in [2.05, 4.69) is 10.3 Å². The van der Waals surface area contributed by atoms with Gasteiger partial charge < -0.3 is 5.32 Å². The van der Waals surface area contributed by atoms with E-state index in [1.165, 1.54) is 28.4 Å². The first-order valence-electron chi connectivity index (χ1n) is 11.0. The Morgan fingerprint density at radius 1 is 1.18 bits per heavy atom. The van der Waals surface area contributed by atoms with Crippen LogP contribution >= 0.6 is 11.3 Å². The van der Waals surface area contributed by atoms with Crippen LogP contribution in [0, 0.1) is 11.7 Å². The highest BCUT2D eigenvalue weighted by atomic mass is 32.1. The Balaban J connectivity index is 1.41. The topological polar surface area (TPSA) is 82.6 Å². The smallest absolute Gasteiger partial charge is 0.323 e. The van der Waals surface area contributed by atoms with Gasteiger partial charge in [-0.2, -0.15) is 0 Å². The van der Waals surface area contributed by atoms with Crippen molar-refractivity contribution in [2.24, 2.45) is 5.92 Å². The molecule has 2 heterocycles. The van der Waals surface area contributed by atoms with Crippen molar-refractivity contribution in [1.29, 1.82) is 0 Å². The minimum absolute atomic E-state index is 0.113. The second-order valence-electron chi connectivity index (χ2n) is 8.79. The molecule has 1 atom stereocenters. The molecule has 2 fully saturated rings. The molecule has 0 bridgehead atoms. The van der Waals surface area contributed by atoms with Gasteiger partial charge in [-0.05, 0) is 55.5 Å². The molecule has 0 unspecified atom stereocenters. The van der Waals surface area contributed by atoms with Gasteiger partial charge in [-0.1, -0.05) is 30.3 Å². The predicted octanol–water partition coefficient (Wildman–Crippen LogP) is 4.20. The average molecular weight is 479 g/mol. The molecule has 1 aliphatic heterocycles. The summed E-state index contributed by atoms with van der Waals surface area (Å²) in [6.07, 6.45) is 1.77. The van der Waals surface area contributed by atoms with Gasteiger partial charge in [-0.3, -0.25) is 19.4 Å². The summed E-state index contributed by atoms with van der Waals surface area (Å²) in [6, 6.07) is 14.9. The third-order valence-electron chi connectivity index (χ3n) is 6.34. The SMILES string of the molecule is C[C@@]1(C2CC2)NC(=O)N(CC(=O)N(Cc2ccccc2)c2nc(-c3ccc(F)cc3)cs2)C1=O. The number of rotatable bonds is 7. The monoisotopic (exact) mass is 478 g/mol. The summed E-state index contributed by atoms with van der Waals surface area (Å²) in [6.45, 7) is 1.60.